The highest BCUT2D eigenvalue weighted by molar-refractivity contribution is 5.98. The third kappa shape index (κ3) is 13.7. The lowest BCUT2D eigenvalue weighted by Gasteiger charge is -2.32. The minimum atomic E-state index is -4.99. The van der Waals surface area contributed by atoms with Crippen molar-refractivity contribution in [3.63, 3.8) is 0 Å². The second-order valence-corrected chi connectivity index (χ2v) is 17.5. The summed E-state index contributed by atoms with van der Waals surface area (Å²) in [5.41, 5.74) is 1.04. The Hall–Kier alpha value is -7.53. The minimum absolute atomic E-state index is 0.0179. The van der Waals surface area contributed by atoms with E-state index in [1.54, 1.807) is 55.5 Å². The van der Waals surface area contributed by atoms with Crippen LogP contribution in [0.2, 0.25) is 0 Å². The molecule has 2 aromatic heterocycles. The van der Waals surface area contributed by atoms with E-state index in [2.05, 4.69) is 51.2 Å². The van der Waals surface area contributed by atoms with Crippen LogP contribution in [-0.4, -0.2) is 80.1 Å². The van der Waals surface area contributed by atoms with E-state index in [-0.39, 0.29) is 60.8 Å². The number of nitrogens with zero attached hydrogens (tertiary/aromatic N) is 8. The molecule has 2 fully saturated rings. The average molecular weight is 1020 g/mol. The van der Waals surface area contributed by atoms with Crippen molar-refractivity contribution in [1.82, 2.24) is 29.9 Å². The third-order valence-corrected chi connectivity index (χ3v) is 12.5. The van der Waals surface area contributed by atoms with Gasteiger partial charge in [-0.3, -0.25) is 9.59 Å². The molecule has 2 aliphatic heterocycles. The molecule has 73 heavy (non-hydrogen) atoms. The van der Waals surface area contributed by atoms with Gasteiger partial charge >= 0.3 is 12.4 Å². The first kappa shape index (κ1) is 51.8. The van der Waals surface area contributed by atoms with Gasteiger partial charge in [0, 0.05) is 67.3 Å². The predicted octanol–water partition coefficient (Wildman–Crippen LogP) is 10.1. The molecule has 2 saturated heterocycles. The molecule has 4 N–H and O–H groups in total. The maximum absolute atomic E-state index is 14.0. The zero-order chi connectivity index (χ0) is 51.7. The van der Waals surface area contributed by atoms with Crippen LogP contribution in [0.4, 0.5) is 77.3 Å². The van der Waals surface area contributed by atoms with Gasteiger partial charge in [-0.05, 0) is 98.7 Å². The van der Waals surface area contributed by atoms with Gasteiger partial charge < -0.3 is 40.5 Å². The van der Waals surface area contributed by atoms with E-state index < -0.39 is 36.2 Å². The Morgan fingerprint density at radius 1 is 0.589 bits per heavy atom. The van der Waals surface area contributed by atoms with Gasteiger partial charge in [0.15, 0.2) is 0 Å². The van der Waals surface area contributed by atoms with Crippen LogP contribution in [-0.2, 0) is 44.6 Å². The number of benzene rings is 4. The zero-order valence-corrected chi connectivity index (χ0v) is 39.7. The van der Waals surface area contributed by atoms with Gasteiger partial charge in [0.2, 0.25) is 35.6 Å². The second-order valence-electron chi connectivity index (χ2n) is 17.5. The molecule has 0 unspecified atom stereocenters. The van der Waals surface area contributed by atoms with Crippen LogP contribution in [0.1, 0.15) is 71.9 Å². The molecule has 0 aliphatic carbocycles. The van der Waals surface area contributed by atoms with Crippen LogP contribution in [0.5, 0.6) is 0 Å². The number of anilines is 8. The Labute approximate surface area is 415 Å². The fraction of sp³-hybridized carbons (Fsp3) is 0.360. The SMILES string of the molecule is Cc1c(NC(=O)CCC(=O)Nc2cccc(Nc3ncnc(N4CCC(OCc5ccc(C(F)(F)F)cc5C(F)(F)F)CC4)n3)c2C)cccc1Nc1ncnc(N2CCC(OCc3ccccc3F)CC2)n1. The number of halogens is 7. The van der Waals surface area contributed by atoms with Crippen LogP contribution in [0.3, 0.4) is 0 Å². The van der Waals surface area contributed by atoms with E-state index in [0.717, 1.165) is 24.5 Å². The number of nitrogens with one attached hydrogen (secondary N) is 4. The Kier molecular flexibility index (Phi) is 16.3. The number of alkyl halides is 6. The Bertz CT molecular complexity index is 2890. The summed E-state index contributed by atoms with van der Waals surface area (Å²) in [6, 6.07) is 18.7. The van der Waals surface area contributed by atoms with Crippen molar-refractivity contribution in [2.45, 2.75) is 90.1 Å². The normalized spacial score (nSPS) is 14.8. The van der Waals surface area contributed by atoms with Gasteiger partial charge in [-0.15, -0.1) is 0 Å². The molecule has 0 radical (unpaired) electrons. The monoisotopic (exact) mass is 1020 g/mol. The number of rotatable bonds is 17. The maximum Gasteiger partial charge on any atom is 0.416 e. The van der Waals surface area contributed by atoms with Crippen LogP contribution >= 0.6 is 0 Å². The van der Waals surface area contributed by atoms with Gasteiger partial charge in [0.1, 0.15) is 18.5 Å². The molecule has 0 spiro atoms. The van der Waals surface area contributed by atoms with Crippen LogP contribution in [0.25, 0.3) is 0 Å². The quantitative estimate of drug-likeness (QED) is 0.0633. The summed E-state index contributed by atoms with van der Waals surface area (Å²) in [5.74, 6) is 0.324. The van der Waals surface area contributed by atoms with Crippen LogP contribution in [0.15, 0.2) is 91.5 Å². The van der Waals surface area contributed by atoms with Crippen molar-refractivity contribution in [2.75, 3.05) is 57.2 Å². The van der Waals surface area contributed by atoms with Crippen molar-refractivity contribution in [3.8, 4) is 0 Å². The van der Waals surface area contributed by atoms with Crippen molar-refractivity contribution in [3.05, 3.63) is 131 Å². The number of carbonyl (C=O) groups is 2. The Morgan fingerprint density at radius 2 is 1.05 bits per heavy atom. The minimum Gasteiger partial charge on any atom is -0.373 e. The first-order valence-corrected chi connectivity index (χ1v) is 23.4. The predicted molar refractivity (Wildman–Crippen MR) is 258 cm³/mol. The second kappa shape index (κ2) is 22.9. The van der Waals surface area contributed by atoms with Crippen molar-refractivity contribution in [1.29, 1.82) is 0 Å². The highest BCUT2D eigenvalue weighted by atomic mass is 19.4. The van der Waals surface area contributed by atoms with E-state index in [1.807, 2.05) is 22.8 Å². The van der Waals surface area contributed by atoms with Crippen LogP contribution < -0.4 is 31.1 Å². The summed E-state index contributed by atoms with van der Waals surface area (Å²) in [5, 5.41) is 12.1. The number of aromatic nitrogens is 6. The molecule has 6 aromatic rings. The first-order chi connectivity index (χ1) is 35.0. The highest BCUT2D eigenvalue weighted by Crippen LogP contribution is 2.38. The molecule has 2 amide bonds. The maximum atomic E-state index is 14.0. The fourth-order valence-corrected chi connectivity index (χ4v) is 8.32. The molecule has 8 rings (SSSR count). The largest absolute Gasteiger partial charge is 0.416 e. The molecule has 0 atom stereocenters. The zero-order valence-electron chi connectivity index (χ0n) is 39.7. The fourth-order valence-electron chi connectivity index (χ4n) is 8.32. The lowest BCUT2D eigenvalue weighted by Crippen LogP contribution is -2.38. The molecule has 23 heteroatoms. The summed E-state index contributed by atoms with van der Waals surface area (Å²) in [4.78, 5) is 56.5. The Morgan fingerprint density at radius 3 is 1.52 bits per heavy atom. The van der Waals surface area contributed by atoms with E-state index in [9.17, 15) is 40.3 Å². The molecule has 16 nitrogen and oxygen atoms in total. The average Bonchev–Trinajstić information content (AvgIpc) is 3.37. The molecule has 0 saturated carbocycles. The van der Waals surface area contributed by atoms with Crippen molar-refractivity contribution in [2.24, 2.45) is 0 Å². The van der Waals surface area contributed by atoms with Gasteiger partial charge in [-0.2, -0.15) is 36.3 Å². The molecule has 384 valence electrons. The van der Waals surface area contributed by atoms with E-state index in [4.69, 9.17) is 9.47 Å². The summed E-state index contributed by atoms with van der Waals surface area (Å²) < 4.78 is 106. The number of hydrogen-bond donors (Lipinski definition) is 4. The van der Waals surface area contributed by atoms with Crippen LogP contribution in [0, 0.1) is 19.7 Å². The summed E-state index contributed by atoms with van der Waals surface area (Å²) >= 11 is 0. The Balaban J connectivity index is 0.782. The third-order valence-electron chi connectivity index (χ3n) is 12.5. The summed E-state index contributed by atoms with van der Waals surface area (Å²) in [6.07, 6.45) is -5.59. The number of ether oxygens (including phenoxy) is 2. The van der Waals surface area contributed by atoms with Crippen molar-refractivity contribution >= 4 is 58.4 Å². The summed E-state index contributed by atoms with van der Waals surface area (Å²) in [6.45, 7) is 5.40. The van der Waals surface area contributed by atoms with Gasteiger partial charge in [-0.1, -0.05) is 36.4 Å². The van der Waals surface area contributed by atoms with Gasteiger partial charge in [0.25, 0.3) is 0 Å². The van der Waals surface area contributed by atoms with Crippen molar-refractivity contribution < 1.29 is 49.8 Å². The molecule has 4 aromatic carbocycles. The standard InChI is InChI=1S/C50H51F7N12O4/c1-30-39(9-5-11-41(30)64-45-58-28-60-47(66-45)68-21-17-35(18-22-68)72-26-32-13-14-34(49(52,53)54)25-37(32)50(55,56)57)62-43(70)15-16-44(71)63-40-10-6-12-42(31(40)2)65-46-59-29-61-48(67-46)69-23-19-36(20-24-69)73-27-33-7-3-4-8-38(33)51/h3-14,25,28-29,35-36H,15-24,26-27H2,1-2H3,(H,62,70)(H,63,71)(H,58,60,64,66)(H,59,61,65,67). The number of hydrogen-bond acceptors (Lipinski definition) is 14. The van der Waals surface area contributed by atoms with E-state index in [0.29, 0.717) is 96.8 Å². The molecule has 2 aliphatic rings. The summed E-state index contributed by atoms with van der Waals surface area (Å²) in [7, 11) is 0. The number of amides is 2. The highest BCUT2D eigenvalue weighted by Gasteiger charge is 2.38. The molecular weight excluding hydrogens is 966 g/mol. The molecular formula is C50H51F7N12O4. The van der Waals surface area contributed by atoms with Gasteiger partial charge in [0.05, 0.1) is 36.5 Å². The topological polar surface area (TPSA) is 185 Å². The van der Waals surface area contributed by atoms with E-state index in [1.165, 1.54) is 18.7 Å². The lowest BCUT2D eigenvalue weighted by molar-refractivity contribution is -0.144. The number of carbonyl (C=O) groups excluding carboxylic acids is 2. The van der Waals surface area contributed by atoms with E-state index >= 15 is 0 Å². The number of piperidine rings is 2. The van der Waals surface area contributed by atoms with Gasteiger partial charge in [-0.25, -0.2) is 24.3 Å². The molecule has 4 heterocycles. The smallest absolute Gasteiger partial charge is 0.373 e. The lowest BCUT2D eigenvalue weighted by atomic mass is 10.0. The first-order valence-electron chi connectivity index (χ1n) is 23.4. The molecule has 0 bridgehead atoms.